The molecule has 2 nitrogen and oxygen atoms in total. The summed E-state index contributed by atoms with van der Waals surface area (Å²) in [5, 5.41) is 2.76. The zero-order valence-corrected chi connectivity index (χ0v) is 10.8. The fourth-order valence-corrected chi connectivity index (χ4v) is 2.81. The predicted molar refractivity (Wildman–Crippen MR) is 70.4 cm³/mol. The second kappa shape index (κ2) is 4.35. The number of carbonyl (C=O) groups excluding carboxylic acids is 1. The monoisotopic (exact) mass is 269 g/mol. The van der Waals surface area contributed by atoms with Gasteiger partial charge in [0.25, 0.3) is 0 Å². The van der Waals surface area contributed by atoms with Gasteiger partial charge in [0.2, 0.25) is 5.91 Å². The minimum Gasteiger partial charge on any atom is -0.352 e. The zero-order chi connectivity index (χ0) is 12.5. The third kappa shape index (κ3) is 1.96. The first-order chi connectivity index (χ1) is 8.04. The fourth-order valence-electron chi connectivity index (χ4n) is 2.02. The number of hydrogen-bond donors (Lipinski definition) is 1. The van der Waals surface area contributed by atoms with E-state index in [-0.39, 0.29) is 5.91 Å². The summed E-state index contributed by atoms with van der Waals surface area (Å²) in [6, 6.07) is 9.39. The summed E-state index contributed by atoms with van der Waals surface area (Å²) in [5.74, 6) is -0.145. The van der Waals surface area contributed by atoms with Crippen LogP contribution in [0.15, 0.2) is 43.0 Å². The fraction of sp³-hybridized carbons (Fsp3) is 0.308. The maximum atomic E-state index is 12.2. The summed E-state index contributed by atoms with van der Waals surface area (Å²) in [6.07, 6.45) is 2.07. The highest BCUT2D eigenvalue weighted by molar-refractivity contribution is 6.54. The van der Waals surface area contributed by atoms with Gasteiger partial charge >= 0.3 is 0 Å². The summed E-state index contributed by atoms with van der Waals surface area (Å²) in [5.41, 5.74) is 0.0342. The number of nitrogens with one attached hydrogen (secondary N) is 1. The van der Waals surface area contributed by atoms with Gasteiger partial charge in [-0.3, -0.25) is 4.79 Å². The Balaban J connectivity index is 2.30. The van der Waals surface area contributed by atoms with E-state index in [9.17, 15) is 4.79 Å². The molecule has 90 valence electrons. The maximum absolute atomic E-state index is 12.2. The Hall–Kier alpha value is -0.990. The van der Waals surface area contributed by atoms with Gasteiger partial charge in [-0.15, -0.1) is 29.8 Å². The van der Waals surface area contributed by atoms with Crippen LogP contribution in [0.5, 0.6) is 0 Å². The Bertz CT molecular complexity index is 444. The molecule has 1 amide bonds. The number of halogens is 2. The van der Waals surface area contributed by atoms with E-state index in [0.717, 1.165) is 5.56 Å². The first kappa shape index (κ1) is 12.5. The van der Waals surface area contributed by atoms with Crippen LogP contribution in [0.2, 0.25) is 0 Å². The van der Waals surface area contributed by atoms with Gasteiger partial charge < -0.3 is 5.32 Å². The molecule has 1 fully saturated rings. The van der Waals surface area contributed by atoms with Crippen LogP contribution in [-0.2, 0) is 10.2 Å². The number of carbonyl (C=O) groups is 1. The zero-order valence-electron chi connectivity index (χ0n) is 9.25. The average Bonchev–Trinajstić information content (AvgIpc) is 2.92. The van der Waals surface area contributed by atoms with Gasteiger partial charge in [-0.25, -0.2) is 0 Å². The number of benzene rings is 1. The molecule has 1 aromatic carbocycles. The van der Waals surface area contributed by atoms with Crippen LogP contribution < -0.4 is 5.32 Å². The van der Waals surface area contributed by atoms with E-state index in [1.807, 2.05) is 30.3 Å². The van der Waals surface area contributed by atoms with Crippen molar-refractivity contribution in [2.24, 2.45) is 0 Å². The van der Waals surface area contributed by atoms with Crippen LogP contribution in [0, 0.1) is 0 Å². The van der Waals surface area contributed by atoms with Gasteiger partial charge in [-0.2, -0.15) is 0 Å². The van der Waals surface area contributed by atoms with E-state index in [4.69, 9.17) is 23.2 Å². The molecule has 17 heavy (non-hydrogen) atoms. The minimum absolute atomic E-state index is 0.145. The van der Waals surface area contributed by atoms with E-state index in [0.29, 0.717) is 13.0 Å². The lowest BCUT2D eigenvalue weighted by atomic mass is 9.95. The molecule has 0 saturated heterocycles. The van der Waals surface area contributed by atoms with Crippen molar-refractivity contribution in [2.75, 3.05) is 6.54 Å². The topological polar surface area (TPSA) is 29.1 Å². The molecular formula is C13H13Cl2NO. The molecule has 1 atom stereocenters. The molecule has 0 bridgehead atoms. The van der Waals surface area contributed by atoms with Gasteiger partial charge in [0, 0.05) is 13.0 Å². The summed E-state index contributed by atoms with van der Waals surface area (Å²) >= 11 is 12.3. The molecule has 0 spiro atoms. The quantitative estimate of drug-likeness (QED) is 0.661. The van der Waals surface area contributed by atoms with Gasteiger partial charge in [-0.1, -0.05) is 36.4 Å². The summed E-state index contributed by atoms with van der Waals surface area (Å²) < 4.78 is -1.01. The van der Waals surface area contributed by atoms with Crippen LogP contribution in [0.1, 0.15) is 12.0 Å². The van der Waals surface area contributed by atoms with Crippen molar-refractivity contribution in [3.63, 3.8) is 0 Å². The standard InChI is InChI=1S/C13H13Cl2NO/c1-2-8-16-11(17)12(9-13(12,14)15)10-6-4-3-5-7-10/h2-7H,1,8-9H2,(H,16,17)/t12-/m0/s1. The lowest BCUT2D eigenvalue weighted by Crippen LogP contribution is -2.38. The lowest BCUT2D eigenvalue weighted by Gasteiger charge is -2.17. The van der Waals surface area contributed by atoms with E-state index < -0.39 is 9.75 Å². The Morgan fingerprint density at radius 1 is 1.41 bits per heavy atom. The maximum Gasteiger partial charge on any atom is 0.234 e. The number of rotatable bonds is 4. The second-order valence-corrected chi connectivity index (χ2v) is 5.64. The number of alkyl halides is 2. The van der Waals surface area contributed by atoms with Crippen molar-refractivity contribution >= 4 is 29.1 Å². The number of hydrogen-bond acceptors (Lipinski definition) is 1. The molecule has 0 unspecified atom stereocenters. The SMILES string of the molecule is C=CCNC(=O)[C@@]1(c2ccccc2)CC1(Cl)Cl. The second-order valence-electron chi connectivity index (χ2n) is 4.15. The van der Waals surface area contributed by atoms with Crippen molar-refractivity contribution < 1.29 is 4.79 Å². The Kier molecular flexibility index (Phi) is 3.19. The smallest absolute Gasteiger partial charge is 0.234 e. The van der Waals surface area contributed by atoms with Crippen LogP contribution in [0.25, 0.3) is 0 Å². The summed E-state index contributed by atoms with van der Waals surface area (Å²) in [7, 11) is 0. The van der Waals surface area contributed by atoms with Gasteiger partial charge in [0.15, 0.2) is 0 Å². The summed E-state index contributed by atoms with van der Waals surface area (Å²) in [4.78, 5) is 12.2. The molecular weight excluding hydrogens is 257 g/mol. The normalized spacial score (nSPS) is 25.1. The minimum atomic E-state index is -1.01. The molecule has 2 rings (SSSR count). The molecule has 0 heterocycles. The Labute approximate surface area is 111 Å². The number of amides is 1. The molecule has 0 aromatic heterocycles. The molecule has 1 N–H and O–H groups in total. The van der Waals surface area contributed by atoms with Crippen LogP contribution in [0.3, 0.4) is 0 Å². The van der Waals surface area contributed by atoms with Crippen molar-refractivity contribution in [3.05, 3.63) is 48.6 Å². The highest BCUT2D eigenvalue weighted by Crippen LogP contribution is 2.64. The van der Waals surface area contributed by atoms with Crippen LogP contribution in [-0.4, -0.2) is 16.8 Å². The largest absolute Gasteiger partial charge is 0.352 e. The van der Waals surface area contributed by atoms with Crippen molar-refractivity contribution in [1.82, 2.24) is 5.32 Å². The van der Waals surface area contributed by atoms with E-state index >= 15 is 0 Å². The molecule has 4 heteroatoms. The molecule has 0 radical (unpaired) electrons. The van der Waals surface area contributed by atoms with Crippen molar-refractivity contribution in [2.45, 2.75) is 16.2 Å². The Morgan fingerprint density at radius 3 is 2.47 bits per heavy atom. The Morgan fingerprint density at radius 2 is 2.00 bits per heavy atom. The lowest BCUT2D eigenvalue weighted by molar-refractivity contribution is -0.123. The van der Waals surface area contributed by atoms with Gasteiger partial charge in [0.1, 0.15) is 9.75 Å². The van der Waals surface area contributed by atoms with Gasteiger partial charge in [0.05, 0.1) is 0 Å². The third-order valence-electron chi connectivity index (χ3n) is 3.05. The third-order valence-corrected chi connectivity index (χ3v) is 3.96. The average molecular weight is 270 g/mol. The molecule has 1 aromatic rings. The molecule has 1 aliphatic rings. The van der Waals surface area contributed by atoms with Gasteiger partial charge in [-0.05, 0) is 5.56 Å². The van der Waals surface area contributed by atoms with E-state index in [1.54, 1.807) is 6.08 Å². The van der Waals surface area contributed by atoms with E-state index in [1.165, 1.54) is 0 Å². The van der Waals surface area contributed by atoms with Crippen molar-refractivity contribution in [3.8, 4) is 0 Å². The first-order valence-corrected chi connectivity index (χ1v) is 6.13. The predicted octanol–water partition coefficient (Wildman–Crippen LogP) is 2.80. The first-order valence-electron chi connectivity index (χ1n) is 5.37. The highest BCUT2D eigenvalue weighted by Gasteiger charge is 2.71. The molecule has 1 aliphatic carbocycles. The molecule has 0 aliphatic heterocycles. The van der Waals surface area contributed by atoms with Crippen LogP contribution >= 0.6 is 23.2 Å². The summed E-state index contributed by atoms with van der Waals surface area (Å²) in [6.45, 7) is 3.98. The van der Waals surface area contributed by atoms with Crippen LogP contribution in [0.4, 0.5) is 0 Å². The molecule has 1 saturated carbocycles. The van der Waals surface area contributed by atoms with Crippen molar-refractivity contribution in [1.29, 1.82) is 0 Å². The highest BCUT2D eigenvalue weighted by atomic mass is 35.5. The van der Waals surface area contributed by atoms with E-state index in [2.05, 4.69) is 11.9 Å².